The molecule has 1 atom stereocenters. The zero-order valence-electron chi connectivity index (χ0n) is 56.2. The fourth-order valence-corrected chi connectivity index (χ4v) is 11.6. The Hall–Kier alpha value is -2.37. The van der Waals surface area contributed by atoms with Crippen molar-refractivity contribution >= 4 is 17.9 Å². The highest BCUT2D eigenvalue weighted by Crippen LogP contribution is 2.20. The molecule has 83 heavy (non-hydrogen) atoms. The molecule has 0 rings (SSSR count). The number of carbonyl (C=O) groups is 3. The molecule has 0 aromatic rings. The number of unbranched alkanes of at least 4 members (excludes halogenated alkanes) is 53. The summed E-state index contributed by atoms with van der Waals surface area (Å²) >= 11 is 0. The SMILES string of the molecule is CC/C=C\C/C=C\C/C=C\CCCCCCCC(=O)OCC(COC(=O)CCCCCCCCCCCCCCCCCCCCCCCCCCCCCCCCC)OC(=O)CCCCCCCCCCCCCCCCCCCCC. The van der Waals surface area contributed by atoms with E-state index >= 15 is 0 Å². The monoisotopic (exact) mass is 1170 g/mol. The van der Waals surface area contributed by atoms with E-state index in [0.29, 0.717) is 19.3 Å². The molecule has 0 N–H and O–H groups in total. The molecule has 0 aromatic heterocycles. The van der Waals surface area contributed by atoms with Crippen molar-refractivity contribution in [2.75, 3.05) is 13.2 Å². The maximum absolute atomic E-state index is 13.0. The average molecular weight is 1170 g/mol. The number of carbonyl (C=O) groups excluding carboxylic acids is 3. The molecule has 6 heteroatoms. The van der Waals surface area contributed by atoms with Gasteiger partial charge in [0.25, 0.3) is 0 Å². The van der Waals surface area contributed by atoms with Gasteiger partial charge in [0.1, 0.15) is 13.2 Å². The van der Waals surface area contributed by atoms with E-state index in [9.17, 15) is 14.4 Å². The van der Waals surface area contributed by atoms with Gasteiger partial charge in [0.05, 0.1) is 0 Å². The summed E-state index contributed by atoms with van der Waals surface area (Å²) in [5.41, 5.74) is 0. The summed E-state index contributed by atoms with van der Waals surface area (Å²) < 4.78 is 17.0. The minimum absolute atomic E-state index is 0.0717. The van der Waals surface area contributed by atoms with Gasteiger partial charge < -0.3 is 14.2 Å². The van der Waals surface area contributed by atoms with Crippen LogP contribution in [0.4, 0.5) is 0 Å². The van der Waals surface area contributed by atoms with E-state index in [1.807, 2.05) is 0 Å². The first kappa shape index (κ1) is 80.6. The van der Waals surface area contributed by atoms with Gasteiger partial charge in [-0.05, 0) is 51.4 Å². The Kier molecular flexibility index (Phi) is 70.0. The number of hydrogen-bond acceptors (Lipinski definition) is 6. The van der Waals surface area contributed by atoms with Gasteiger partial charge >= 0.3 is 17.9 Å². The van der Waals surface area contributed by atoms with Crippen molar-refractivity contribution in [3.8, 4) is 0 Å². The molecule has 0 bridgehead atoms. The lowest BCUT2D eigenvalue weighted by Gasteiger charge is -2.18. The summed E-state index contributed by atoms with van der Waals surface area (Å²) in [6.07, 6.45) is 90.6. The van der Waals surface area contributed by atoms with Gasteiger partial charge in [-0.1, -0.05) is 385 Å². The van der Waals surface area contributed by atoms with E-state index in [0.717, 1.165) is 96.3 Å². The molecule has 0 saturated heterocycles. The lowest BCUT2D eigenvalue weighted by atomic mass is 10.0. The topological polar surface area (TPSA) is 78.9 Å². The maximum Gasteiger partial charge on any atom is 0.306 e. The molecule has 0 radical (unpaired) electrons. The molecular weight excluding hydrogens is 1020 g/mol. The lowest BCUT2D eigenvalue weighted by Crippen LogP contribution is -2.30. The van der Waals surface area contributed by atoms with E-state index < -0.39 is 6.10 Å². The van der Waals surface area contributed by atoms with E-state index in [1.54, 1.807) is 0 Å². The predicted octanol–water partition coefficient (Wildman–Crippen LogP) is 25.9. The van der Waals surface area contributed by atoms with Crippen molar-refractivity contribution in [2.24, 2.45) is 0 Å². The first-order valence-corrected chi connectivity index (χ1v) is 37.5. The Morgan fingerprint density at radius 2 is 0.470 bits per heavy atom. The number of rotatable bonds is 70. The predicted molar refractivity (Wildman–Crippen MR) is 362 cm³/mol. The van der Waals surface area contributed by atoms with Gasteiger partial charge in [-0.25, -0.2) is 0 Å². The first-order valence-electron chi connectivity index (χ1n) is 37.5. The lowest BCUT2D eigenvalue weighted by molar-refractivity contribution is -0.167. The normalized spacial score (nSPS) is 12.2. The standard InChI is InChI=1S/C77H144O6/c1-4-7-10-13-16-19-22-25-28-30-32-33-34-35-36-37-38-39-40-41-42-43-45-46-49-52-55-58-61-64-67-70-76(79)82-73-74(72-81-75(78)69-66-63-60-57-54-51-48-27-24-21-18-15-12-9-6-3)83-77(80)71-68-65-62-59-56-53-50-47-44-31-29-26-23-20-17-14-11-8-5-2/h9,12,18,21,27,48,74H,4-8,10-11,13-17,19-20,22-26,28-47,49-73H2,1-3H3/b12-9-,21-18-,48-27-. The summed E-state index contributed by atoms with van der Waals surface area (Å²) in [6.45, 7) is 6.60. The molecule has 0 fully saturated rings. The summed E-state index contributed by atoms with van der Waals surface area (Å²) in [4.78, 5) is 38.5. The van der Waals surface area contributed by atoms with Crippen LogP contribution in [0.5, 0.6) is 0 Å². The van der Waals surface area contributed by atoms with E-state index in [4.69, 9.17) is 14.2 Å². The zero-order valence-corrected chi connectivity index (χ0v) is 56.2. The molecule has 0 amide bonds. The highest BCUT2D eigenvalue weighted by molar-refractivity contribution is 5.71. The Morgan fingerprint density at radius 3 is 0.735 bits per heavy atom. The highest BCUT2D eigenvalue weighted by Gasteiger charge is 2.20. The zero-order chi connectivity index (χ0) is 59.9. The van der Waals surface area contributed by atoms with Crippen LogP contribution in [0.15, 0.2) is 36.5 Å². The van der Waals surface area contributed by atoms with Gasteiger partial charge in [-0.2, -0.15) is 0 Å². The fourth-order valence-electron chi connectivity index (χ4n) is 11.6. The van der Waals surface area contributed by atoms with Crippen LogP contribution in [0.25, 0.3) is 0 Å². The molecule has 488 valence electrons. The van der Waals surface area contributed by atoms with E-state index in [1.165, 1.54) is 283 Å². The van der Waals surface area contributed by atoms with Crippen molar-refractivity contribution in [1.82, 2.24) is 0 Å². The first-order chi connectivity index (χ1) is 41.0. The summed E-state index contributed by atoms with van der Waals surface area (Å²) in [5, 5.41) is 0. The summed E-state index contributed by atoms with van der Waals surface area (Å²) in [5.74, 6) is -0.857. The van der Waals surface area contributed by atoms with Crippen LogP contribution in [-0.2, 0) is 28.6 Å². The van der Waals surface area contributed by atoms with Gasteiger partial charge in [0, 0.05) is 19.3 Å². The summed E-state index contributed by atoms with van der Waals surface area (Å²) in [6, 6.07) is 0. The Bertz CT molecular complexity index is 1380. The molecule has 0 aliphatic carbocycles. The van der Waals surface area contributed by atoms with Crippen molar-refractivity contribution < 1.29 is 28.6 Å². The largest absolute Gasteiger partial charge is 0.462 e. The minimum atomic E-state index is -0.777. The number of esters is 3. The van der Waals surface area contributed by atoms with Crippen molar-refractivity contribution in [3.05, 3.63) is 36.5 Å². The maximum atomic E-state index is 13.0. The third kappa shape index (κ3) is 70.3. The second kappa shape index (κ2) is 72.1. The highest BCUT2D eigenvalue weighted by atomic mass is 16.6. The second-order valence-corrected chi connectivity index (χ2v) is 25.5. The van der Waals surface area contributed by atoms with Crippen molar-refractivity contribution in [3.63, 3.8) is 0 Å². The third-order valence-electron chi connectivity index (χ3n) is 17.2. The van der Waals surface area contributed by atoms with Gasteiger partial charge in [-0.15, -0.1) is 0 Å². The van der Waals surface area contributed by atoms with Crippen LogP contribution in [-0.4, -0.2) is 37.2 Å². The molecule has 0 aliphatic rings. The van der Waals surface area contributed by atoms with Crippen LogP contribution in [0.2, 0.25) is 0 Å². The van der Waals surface area contributed by atoms with Crippen molar-refractivity contribution in [1.29, 1.82) is 0 Å². The minimum Gasteiger partial charge on any atom is -0.462 e. The van der Waals surface area contributed by atoms with E-state index in [-0.39, 0.29) is 31.1 Å². The number of hydrogen-bond donors (Lipinski definition) is 0. The summed E-state index contributed by atoms with van der Waals surface area (Å²) in [7, 11) is 0. The van der Waals surface area contributed by atoms with Crippen LogP contribution in [0, 0.1) is 0 Å². The van der Waals surface area contributed by atoms with Gasteiger partial charge in [0.2, 0.25) is 0 Å². The van der Waals surface area contributed by atoms with Crippen LogP contribution < -0.4 is 0 Å². The fraction of sp³-hybridized carbons (Fsp3) is 0.883. The van der Waals surface area contributed by atoms with Gasteiger partial charge in [-0.3, -0.25) is 14.4 Å². The molecule has 0 saturated carbocycles. The molecule has 1 unspecified atom stereocenters. The second-order valence-electron chi connectivity index (χ2n) is 25.5. The molecular formula is C77H144O6. The van der Waals surface area contributed by atoms with Crippen LogP contribution in [0.3, 0.4) is 0 Å². The molecule has 0 spiro atoms. The smallest absolute Gasteiger partial charge is 0.306 e. The average Bonchev–Trinajstić information content (AvgIpc) is 3.50. The Labute approximate surface area is 518 Å². The van der Waals surface area contributed by atoms with E-state index in [2.05, 4.69) is 57.2 Å². The molecule has 0 heterocycles. The quantitative estimate of drug-likeness (QED) is 0.0261. The van der Waals surface area contributed by atoms with Gasteiger partial charge in [0.15, 0.2) is 6.10 Å². The Balaban J connectivity index is 4.16. The third-order valence-corrected chi connectivity index (χ3v) is 17.2. The molecule has 0 aliphatic heterocycles. The van der Waals surface area contributed by atoms with Crippen LogP contribution >= 0.6 is 0 Å². The molecule has 6 nitrogen and oxygen atoms in total. The Morgan fingerprint density at radius 1 is 0.253 bits per heavy atom. The van der Waals surface area contributed by atoms with Crippen LogP contribution in [0.1, 0.15) is 419 Å². The number of ether oxygens (including phenoxy) is 3. The number of allylic oxidation sites excluding steroid dienone is 6. The molecule has 0 aromatic carbocycles. The van der Waals surface area contributed by atoms with Crippen molar-refractivity contribution in [2.45, 2.75) is 425 Å².